The first-order valence-corrected chi connectivity index (χ1v) is 7.53. The van der Waals surface area contributed by atoms with Crippen LogP contribution in [0, 0.1) is 35.0 Å². The molecule has 3 heteroatoms. The van der Waals surface area contributed by atoms with E-state index in [-0.39, 0.29) is 0 Å². The number of hydrogen-bond donors (Lipinski definition) is 1. The van der Waals surface area contributed by atoms with E-state index >= 15 is 0 Å². The van der Waals surface area contributed by atoms with Gasteiger partial charge in [-0.15, -0.1) is 0 Å². The highest BCUT2D eigenvalue weighted by Gasteiger charge is 2.65. The van der Waals surface area contributed by atoms with Crippen LogP contribution in [0.2, 0.25) is 0 Å². The number of hydrogen-bond acceptors (Lipinski definition) is 2. The fourth-order valence-corrected chi connectivity index (χ4v) is 4.89. The van der Waals surface area contributed by atoms with Crippen LogP contribution in [0.25, 0.3) is 0 Å². The van der Waals surface area contributed by atoms with Crippen LogP contribution >= 0.6 is 15.9 Å². The van der Waals surface area contributed by atoms with E-state index in [0.717, 1.165) is 33.8 Å². The molecule has 4 atom stereocenters. The molecule has 0 aliphatic heterocycles. The van der Waals surface area contributed by atoms with Crippen molar-refractivity contribution in [1.82, 2.24) is 0 Å². The van der Waals surface area contributed by atoms with Gasteiger partial charge in [0, 0.05) is 16.2 Å². The molecule has 0 saturated heterocycles. The van der Waals surface area contributed by atoms with Gasteiger partial charge in [-0.2, -0.15) is 5.26 Å². The Balaban J connectivity index is 1.52. The Kier molecular flexibility index (Phi) is 2.26. The van der Waals surface area contributed by atoms with Gasteiger partial charge in [0.2, 0.25) is 0 Å². The first-order valence-electron chi connectivity index (χ1n) is 6.74. The zero-order valence-electron chi connectivity index (χ0n) is 10.1. The van der Waals surface area contributed by atoms with Crippen molar-refractivity contribution in [3.05, 3.63) is 28.2 Å². The van der Waals surface area contributed by atoms with Crippen molar-refractivity contribution in [3.8, 4) is 6.07 Å². The first-order chi connectivity index (χ1) is 8.78. The van der Waals surface area contributed by atoms with Gasteiger partial charge in [-0.25, -0.2) is 0 Å². The van der Waals surface area contributed by atoms with Crippen molar-refractivity contribution >= 4 is 21.6 Å². The van der Waals surface area contributed by atoms with Gasteiger partial charge in [-0.1, -0.05) is 0 Å². The molecule has 4 rings (SSSR count). The maximum atomic E-state index is 8.86. The molecule has 2 nitrogen and oxygen atoms in total. The first kappa shape index (κ1) is 10.9. The lowest BCUT2D eigenvalue weighted by molar-refractivity contribution is 0.456. The Morgan fingerprint density at radius 3 is 2.56 bits per heavy atom. The molecule has 18 heavy (non-hydrogen) atoms. The molecule has 0 amide bonds. The number of benzene rings is 1. The molecule has 1 aromatic carbocycles. The van der Waals surface area contributed by atoms with Crippen molar-refractivity contribution in [1.29, 1.82) is 5.26 Å². The van der Waals surface area contributed by atoms with E-state index in [1.54, 1.807) is 0 Å². The maximum Gasteiger partial charge on any atom is 0.0992 e. The van der Waals surface area contributed by atoms with Gasteiger partial charge in [0.15, 0.2) is 0 Å². The second-order valence-electron chi connectivity index (χ2n) is 5.96. The summed E-state index contributed by atoms with van der Waals surface area (Å²) in [5.41, 5.74) is 1.86. The molecule has 3 aliphatic rings. The van der Waals surface area contributed by atoms with E-state index in [9.17, 15) is 0 Å². The Bertz CT molecular complexity index is 532. The second-order valence-corrected chi connectivity index (χ2v) is 6.82. The van der Waals surface area contributed by atoms with Crippen LogP contribution in [0.3, 0.4) is 0 Å². The summed E-state index contributed by atoms with van der Waals surface area (Å²) in [5, 5.41) is 12.5. The van der Waals surface area contributed by atoms with Gasteiger partial charge >= 0.3 is 0 Å². The quantitative estimate of drug-likeness (QED) is 0.902. The van der Waals surface area contributed by atoms with Crippen molar-refractivity contribution in [2.45, 2.75) is 25.3 Å². The predicted molar refractivity (Wildman–Crippen MR) is 74.1 cm³/mol. The average molecular weight is 303 g/mol. The average Bonchev–Trinajstić information content (AvgIpc) is 2.78. The Morgan fingerprint density at radius 2 is 1.94 bits per heavy atom. The van der Waals surface area contributed by atoms with Crippen molar-refractivity contribution < 1.29 is 0 Å². The van der Waals surface area contributed by atoms with E-state index in [0.29, 0.717) is 11.6 Å². The molecule has 2 bridgehead atoms. The fraction of sp³-hybridized carbons (Fsp3) is 0.533. The van der Waals surface area contributed by atoms with Gasteiger partial charge in [-0.3, -0.25) is 0 Å². The zero-order chi connectivity index (χ0) is 12.3. The van der Waals surface area contributed by atoms with Gasteiger partial charge in [0.05, 0.1) is 11.6 Å². The van der Waals surface area contributed by atoms with Crippen molar-refractivity contribution in [3.63, 3.8) is 0 Å². The van der Waals surface area contributed by atoms with Crippen LogP contribution < -0.4 is 5.32 Å². The third-order valence-electron chi connectivity index (χ3n) is 5.16. The fourth-order valence-electron chi connectivity index (χ4n) is 4.40. The molecule has 3 saturated carbocycles. The number of rotatable bonds is 2. The predicted octanol–water partition coefficient (Wildman–Crippen LogP) is 3.78. The summed E-state index contributed by atoms with van der Waals surface area (Å²) in [5.74, 6) is 3.86. The van der Waals surface area contributed by atoms with Crippen LogP contribution in [-0.4, -0.2) is 6.04 Å². The maximum absolute atomic E-state index is 8.86. The van der Waals surface area contributed by atoms with Crippen LogP contribution in [0.15, 0.2) is 22.7 Å². The summed E-state index contributed by atoms with van der Waals surface area (Å²) in [7, 11) is 0. The lowest BCUT2D eigenvalue weighted by Crippen LogP contribution is -2.13. The highest BCUT2D eigenvalue weighted by molar-refractivity contribution is 9.10. The molecule has 92 valence electrons. The summed E-state index contributed by atoms with van der Waals surface area (Å²) in [4.78, 5) is 0. The summed E-state index contributed by atoms with van der Waals surface area (Å²) >= 11 is 3.56. The lowest BCUT2D eigenvalue weighted by atomic mass is 10.0. The van der Waals surface area contributed by atoms with Gasteiger partial charge in [-0.05, 0) is 77.1 Å². The smallest absolute Gasteiger partial charge is 0.0992 e. The number of nitriles is 1. The minimum Gasteiger partial charge on any atom is -0.381 e. The minimum atomic E-state index is 0.695. The Morgan fingerprint density at radius 1 is 1.22 bits per heavy atom. The SMILES string of the molecule is N#Cc1ccc(NC2C3C4CCC(C4)C23)c(Br)c1. The molecular weight excluding hydrogens is 288 g/mol. The van der Waals surface area contributed by atoms with E-state index in [2.05, 4.69) is 27.3 Å². The largest absolute Gasteiger partial charge is 0.381 e. The van der Waals surface area contributed by atoms with E-state index in [1.807, 2.05) is 18.2 Å². The minimum absolute atomic E-state index is 0.695. The van der Waals surface area contributed by atoms with Crippen LogP contribution in [0.5, 0.6) is 0 Å². The highest BCUT2D eigenvalue weighted by Crippen LogP contribution is 2.66. The van der Waals surface area contributed by atoms with Gasteiger partial charge in [0.1, 0.15) is 0 Å². The molecule has 3 aliphatic carbocycles. The van der Waals surface area contributed by atoms with E-state index in [4.69, 9.17) is 5.26 Å². The molecular formula is C15H15BrN2. The molecule has 0 spiro atoms. The zero-order valence-corrected chi connectivity index (χ0v) is 11.7. The Hall–Kier alpha value is -1.01. The molecule has 3 fully saturated rings. The number of fused-ring (bicyclic) bond motifs is 5. The molecule has 4 unspecified atom stereocenters. The molecule has 0 aromatic heterocycles. The normalized spacial score (nSPS) is 39.2. The molecule has 1 aromatic rings. The topological polar surface area (TPSA) is 35.8 Å². The summed E-state index contributed by atoms with van der Waals surface area (Å²) in [6.45, 7) is 0. The molecule has 0 radical (unpaired) electrons. The van der Waals surface area contributed by atoms with Crippen molar-refractivity contribution in [2.24, 2.45) is 23.7 Å². The van der Waals surface area contributed by atoms with Gasteiger partial charge < -0.3 is 5.32 Å². The lowest BCUT2D eigenvalue weighted by Gasteiger charge is -2.13. The summed E-state index contributed by atoms with van der Waals surface area (Å²) < 4.78 is 1.01. The second kappa shape index (κ2) is 3.74. The monoisotopic (exact) mass is 302 g/mol. The third kappa shape index (κ3) is 1.45. The van der Waals surface area contributed by atoms with Crippen LogP contribution in [0.4, 0.5) is 5.69 Å². The highest BCUT2D eigenvalue weighted by atomic mass is 79.9. The van der Waals surface area contributed by atoms with Gasteiger partial charge in [0.25, 0.3) is 0 Å². The standard InChI is InChI=1S/C15H15BrN2/c16-11-5-8(7-17)1-4-12(11)18-15-13-9-2-3-10(6-9)14(13)15/h1,4-5,9-10,13-15,18H,2-3,6H2. The number of anilines is 1. The van der Waals surface area contributed by atoms with E-state index < -0.39 is 0 Å². The van der Waals surface area contributed by atoms with Crippen molar-refractivity contribution in [2.75, 3.05) is 5.32 Å². The molecule has 0 heterocycles. The van der Waals surface area contributed by atoms with Crippen LogP contribution in [0.1, 0.15) is 24.8 Å². The molecule has 1 N–H and O–H groups in total. The number of halogens is 1. The van der Waals surface area contributed by atoms with E-state index in [1.165, 1.54) is 19.3 Å². The number of nitrogens with one attached hydrogen (secondary N) is 1. The number of nitrogens with zero attached hydrogens (tertiary/aromatic N) is 1. The third-order valence-corrected chi connectivity index (χ3v) is 5.81. The Labute approximate surface area is 116 Å². The summed E-state index contributed by atoms with van der Waals surface area (Å²) in [6.07, 6.45) is 4.40. The van der Waals surface area contributed by atoms with Crippen LogP contribution in [-0.2, 0) is 0 Å². The summed E-state index contributed by atoms with van der Waals surface area (Å²) in [6, 6.07) is 8.68.